The van der Waals surface area contributed by atoms with Gasteiger partial charge in [0.15, 0.2) is 0 Å². The molecule has 110 valence electrons. The molecule has 1 heterocycles. The summed E-state index contributed by atoms with van der Waals surface area (Å²) in [6.45, 7) is 3.73. The minimum atomic E-state index is 0.0653. The number of ether oxygens (including phenoxy) is 1. The van der Waals surface area contributed by atoms with Crippen LogP contribution < -0.4 is 10.1 Å². The Morgan fingerprint density at radius 3 is 2.75 bits per heavy atom. The molecular weight excluding hydrogens is 252 g/mol. The van der Waals surface area contributed by atoms with Gasteiger partial charge in [-0.15, -0.1) is 0 Å². The van der Waals surface area contributed by atoms with E-state index in [0.717, 1.165) is 24.4 Å². The van der Waals surface area contributed by atoms with E-state index in [2.05, 4.69) is 17.1 Å². The van der Waals surface area contributed by atoms with Crippen LogP contribution in [0.25, 0.3) is 0 Å². The maximum absolute atomic E-state index is 12.1. The standard InChI is InChI=1S/C16H24N2O2/c1-3-14-6-4-5-11-18(14)12-16(19)17-13-7-9-15(20-2)10-8-13/h7-10,14H,3-6,11-12H2,1-2H3,(H,17,19). The van der Waals surface area contributed by atoms with Gasteiger partial charge < -0.3 is 10.1 Å². The summed E-state index contributed by atoms with van der Waals surface area (Å²) in [5.74, 6) is 0.862. The number of piperidine rings is 1. The van der Waals surface area contributed by atoms with E-state index in [0.29, 0.717) is 12.6 Å². The van der Waals surface area contributed by atoms with Crippen LogP contribution in [0.5, 0.6) is 5.75 Å². The molecule has 0 saturated carbocycles. The van der Waals surface area contributed by atoms with Crippen LogP contribution in [-0.2, 0) is 4.79 Å². The van der Waals surface area contributed by atoms with Gasteiger partial charge in [0.2, 0.25) is 5.91 Å². The second-order valence-corrected chi connectivity index (χ2v) is 5.31. The highest BCUT2D eigenvalue weighted by molar-refractivity contribution is 5.92. The third-order valence-corrected chi connectivity index (χ3v) is 3.94. The van der Waals surface area contributed by atoms with Gasteiger partial charge in [-0.2, -0.15) is 0 Å². The Kier molecular flexibility index (Phi) is 5.41. The minimum Gasteiger partial charge on any atom is -0.497 e. The van der Waals surface area contributed by atoms with Gasteiger partial charge in [0, 0.05) is 11.7 Å². The number of likely N-dealkylation sites (tertiary alicyclic amines) is 1. The van der Waals surface area contributed by atoms with Crippen molar-refractivity contribution in [3.05, 3.63) is 24.3 Å². The zero-order valence-corrected chi connectivity index (χ0v) is 12.4. The summed E-state index contributed by atoms with van der Waals surface area (Å²) in [5, 5.41) is 2.95. The number of nitrogens with one attached hydrogen (secondary N) is 1. The molecule has 1 fully saturated rings. The summed E-state index contributed by atoms with van der Waals surface area (Å²) in [6, 6.07) is 8.00. The van der Waals surface area contributed by atoms with Gasteiger partial charge >= 0.3 is 0 Å². The number of anilines is 1. The number of carbonyl (C=O) groups is 1. The smallest absolute Gasteiger partial charge is 0.238 e. The fraction of sp³-hybridized carbons (Fsp3) is 0.562. The number of methoxy groups -OCH3 is 1. The molecule has 4 heteroatoms. The third-order valence-electron chi connectivity index (χ3n) is 3.94. The zero-order chi connectivity index (χ0) is 14.4. The lowest BCUT2D eigenvalue weighted by Gasteiger charge is -2.34. The van der Waals surface area contributed by atoms with Gasteiger partial charge in [0.05, 0.1) is 13.7 Å². The van der Waals surface area contributed by atoms with Crippen molar-refractivity contribution in [2.75, 3.05) is 25.5 Å². The van der Waals surface area contributed by atoms with E-state index < -0.39 is 0 Å². The third kappa shape index (κ3) is 3.97. The van der Waals surface area contributed by atoms with E-state index in [1.165, 1.54) is 19.3 Å². The van der Waals surface area contributed by atoms with E-state index in [1.54, 1.807) is 7.11 Å². The lowest BCUT2D eigenvalue weighted by molar-refractivity contribution is -0.118. The lowest BCUT2D eigenvalue weighted by Crippen LogP contribution is -2.43. The molecule has 1 unspecified atom stereocenters. The minimum absolute atomic E-state index is 0.0653. The topological polar surface area (TPSA) is 41.6 Å². The molecule has 1 saturated heterocycles. The first-order valence-electron chi connectivity index (χ1n) is 7.41. The average molecular weight is 276 g/mol. The molecule has 0 aliphatic carbocycles. The summed E-state index contributed by atoms with van der Waals surface area (Å²) in [7, 11) is 1.63. The monoisotopic (exact) mass is 276 g/mol. The van der Waals surface area contributed by atoms with E-state index in [4.69, 9.17) is 4.74 Å². The van der Waals surface area contributed by atoms with Crippen molar-refractivity contribution in [3.8, 4) is 5.75 Å². The molecule has 1 aromatic carbocycles. The fourth-order valence-corrected chi connectivity index (χ4v) is 2.79. The molecule has 20 heavy (non-hydrogen) atoms. The molecule has 2 rings (SSSR count). The predicted molar refractivity (Wildman–Crippen MR) is 81.1 cm³/mol. The van der Waals surface area contributed by atoms with Crippen LogP contribution in [0.15, 0.2) is 24.3 Å². The van der Waals surface area contributed by atoms with Crippen molar-refractivity contribution in [2.45, 2.75) is 38.6 Å². The van der Waals surface area contributed by atoms with Gasteiger partial charge in [0.25, 0.3) is 0 Å². The fourth-order valence-electron chi connectivity index (χ4n) is 2.79. The van der Waals surface area contributed by atoms with Crippen LogP contribution in [0.3, 0.4) is 0 Å². The van der Waals surface area contributed by atoms with Crippen LogP contribution in [0.4, 0.5) is 5.69 Å². The first-order valence-corrected chi connectivity index (χ1v) is 7.41. The van der Waals surface area contributed by atoms with Crippen molar-refractivity contribution < 1.29 is 9.53 Å². The molecule has 1 aliphatic rings. The molecule has 1 atom stereocenters. The van der Waals surface area contributed by atoms with E-state index >= 15 is 0 Å². The highest BCUT2D eigenvalue weighted by Gasteiger charge is 2.22. The molecule has 0 radical (unpaired) electrons. The lowest BCUT2D eigenvalue weighted by atomic mass is 10.00. The van der Waals surface area contributed by atoms with E-state index in [9.17, 15) is 4.79 Å². The number of hydrogen-bond donors (Lipinski definition) is 1. The largest absolute Gasteiger partial charge is 0.497 e. The molecule has 4 nitrogen and oxygen atoms in total. The number of benzene rings is 1. The summed E-state index contributed by atoms with van der Waals surface area (Å²) >= 11 is 0. The normalized spacial score (nSPS) is 19.6. The molecule has 0 spiro atoms. The number of hydrogen-bond acceptors (Lipinski definition) is 3. The Balaban J connectivity index is 1.87. The molecule has 1 amide bonds. The molecule has 0 bridgehead atoms. The van der Waals surface area contributed by atoms with Gasteiger partial charge in [-0.25, -0.2) is 0 Å². The molecule has 1 N–H and O–H groups in total. The second kappa shape index (κ2) is 7.29. The number of nitrogens with zero attached hydrogens (tertiary/aromatic N) is 1. The van der Waals surface area contributed by atoms with Gasteiger partial charge in [-0.3, -0.25) is 9.69 Å². The van der Waals surface area contributed by atoms with Crippen molar-refractivity contribution in [1.29, 1.82) is 0 Å². The van der Waals surface area contributed by atoms with Crippen LogP contribution >= 0.6 is 0 Å². The Hall–Kier alpha value is -1.55. The van der Waals surface area contributed by atoms with Gasteiger partial charge in [-0.05, 0) is 50.1 Å². The highest BCUT2D eigenvalue weighted by Crippen LogP contribution is 2.19. The van der Waals surface area contributed by atoms with Crippen LogP contribution in [0, 0.1) is 0 Å². The second-order valence-electron chi connectivity index (χ2n) is 5.31. The SMILES string of the molecule is CCC1CCCCN1CC(=O)Nc1ccc(OC)cc1. The summed E-state index contributed by atoms with van der Waals surface area (Å²) in [4.78, 5) is 14.4. The van der Waals surface area contributed by atoms with Crippen LogP contribution in [0.1, 0.15) is 32.6 Å². The summed E-state index contributed by atoms with van der Waals surface area (Å²) in [6.07, 6.45) is 4.82. The van der Waals surface area contributed by atoms with E-state index in [-0.39, 0.29) is 5.91 Å². The number of rotatable bonds is 5. The predicted octanol–water partition coefficient (Wildman–Crippen LogP) is 2.90. The van der Waals surface area contributed by atoms with Crippen molar-refractivity contribution in [3.63, 3.8) is 0 Å². The summed E-state index contributed by atoms with van der Waals surface area (Å²) < 4.78 is 5.10. The van der Waals surface area contributed by atoms with Crippen LogP contribution in [0.2, 0.25) is 0 Å². The Bertz CT molecular complexity index is 431. The molecular formula is C16H24N2O2. The van der Waals surface area contributed by atoms with Gasteiger partial charge in [-0.1, -0.05) is 13.3 Å². The Labute approximate surface area is 121 Å². The van der Waals surface area contributed by atoms with Gasteiger partial charge in [0.1, 0.15) is 5.75 Å². The zero-order valence-electron chi connectivity index (χ0n) is 12.4. The molecule has 0 aromatic heterocycles. The van der Waals surface area contributed by atoms with Crippen LogP contribution in [-0.4, -0.2) is 37.0 Å². The highest BCUT2D eigenvalue weighted by atomic mass is 16.5. The van der Waals surface area contributed by atoms with Crippen molar-refractivity contribution in [2.24, 2.45) is 0 Å². The van der Waals surface area contributed by atoms with Crippen molar-refractivity contribution in [1.82, 2.24) is 4.90 Å². The maximum Gasteiger partial charge on any atom is 0.238 e. The summed E-state index contributed by atoms with van der Waals surface area (Å²) in [5.41, 5.74) is 0.820. The average Bonchev–Trinajstić information content (AvgIpc) is 2.48. The Morgan fingerprint density at radius 2 is 2.10 bits per heavy atom. The first-order chi connectivity index (χ1) is 9.72. The van der Waals surface area contributed by atoms with E-state index in [1.807, 2.05) is 24.3 Å². The molecule has 1 aliphatic heterocycles. The first kappa shape index (κ1) is 14.9. The maximum atomic E-state index is 12.1. The molecule has 1 aromatic rings. The van der Waals surface area contributed by atoms with Crippen molar-refractivity contribution >= 4 is 11.6 Å². The number of amides is 1. The quantitative estimate of drug-likeness (QED) is 0.899. The number of carbonyl (C=O) groups excluding carboxylic acids is 1. The Morgan fingerprint density at radius 1 is 1.35 bits per heavy atom.